The minimum absolute atomic E-state index is 0.0147. The van der Waals surface area contributed by atoms with Gasteiger partial charge in [-0.2, -0.15) is 4.98 Å². The summed E-state index contributed by atoms with van der Waals surface area (Å²) in [5.74, 6) is 2.05. The number of carbonyl (C=O) groups is 1. The van der Waals surface area contributed by atoms with E-state index >= 15 is 0 Å². The van der Waals surface area contributed by atoms with E-state index in [1.807, 2.05) is 41.3 Å². The van der Waals surface area contributed by atoms with E-state index in [1.165, 1.54) is 0 Å². The van der Waals surface area contributed by atoms with Gasteiger partial charge in [-0.1, -0.05) is 35.5 Å². The molecule has 1 fully saturated rings. The van der Waals surface area contributed by atoms with Crippen LogP contribution in [0.15, 0.2) is 47.0 Å². The van der Waals surface area contributed by atoms with Crippen LogP contribution in [0.3, 0.4) is 0 Å². The predicted molar refractivity (Wildman–Crippen MR) is 97.0 cm³/mol. The van der Waals surface area contributed by atoms with Crippen LogP contribution in [0.1, 0.15) is 30.5 Å². The van der Waals surface area contributed by atoms with Gasteiger partial charge in [-0.15, -0.1) is 0 Å². The maximum Gasteiger partial charge on any atom is 0.260 e. The fourth-order valence-corrected chi connectivity index (χ4v) is 3.38. The molecular formula is C20H21N3O3. The lowest BCUT2D eigenvalue weighted by molar-refractivity contribution is -0.134. The maximum atomic E-state index is 12.6. The molecule has 6 heteroatoms. The van der Waals surface area contributed by atoms with E-state index in [9.17, 15) is 4.79 Å². The molecule has 2 heterocycles. The normalized spacial score (nSPS) is 17.4. The summed E-state index contributed by atoms with van der Waals surface area (Å²) in [4.78, 5) is 18.7. The minimum atomic E-state index is -0.0147. The van der Waals surface area contributed by atoms with E-state index in [1.54, 1.807) is 6.92 Å². The molecule has 1 amide bonds. The van der Waals surface area contributed by atoms with Crippen LogP contribution in [-0.2, 0) is 4.79 Å². The summed E-state index contributed by atoms with van der Waals surface area (Å²) < 4.78 is 11.0. The molecule has 2 aromatic carbocycles. The second-order valence-electron chi connectivity index (χ2n) is 6.66. The van der Waals surface area contributed by atoms with Crippen LogP contribution < -0.4 is 4.74 Å². The van der Waals surface area contributed by atoms with Crippen molar-refractivity contribution in [2.24, 2.45) is 0 Å². The van der Waals surface area contributed by atoms with Crippen LogP contribution in [0.5, 0.6) is 5.75 Å². The third kappa shape index (κ3) is 3.54. The van der Waals surface area contributed by atoms with Gasteiger partial charge in [-0.25, -0.2) is 0 Å². The predicted octanol–water partition coefficient (Wildman–Crippen LogP) is 3.32. The second-order valence-corrected chi connectivity index (χ2v) is 6.66. The monoisotopic (exact) mass is 351 g/mol. The van der Waals surface area contributed by atoms with Crippen molar-refractivity contribution in [2.45, 2.75) is 25.7 Å². The van der Waals surface area contributed by atoms with Gasteiger partial charge in [-0.3, -0.25) is 4.79 Å². The molecule has 1 saturated heterocycles. The highest BCUT2D eigenvalue weighted by molar-refractivity contribution is 5.84. The van der Waals surface area contributed by atoms with E-state index in [0.717, 1.165) is 30.2 Å². The Labute approximate surface area is 151 Å². The van der Waals surface area contributed by atoms with Crippen LogP contribution in [0.2, 0.25) is 0 Å². The minimum Gasteiger partial charge on any atom is -0.484 e. The molecule has 134 valence electrons. The van der Waals surface area contributed by atoms with Crippen molar-refractivity contribution in [3.63, 3.8) is 0 Å². The van der Waals surface area contributed by atoms with E-state index in [2.05, 4.69) is 16.2 Å². The lowest BCUT2D eigenvalue weighted by atomic mass is 9.98. The summed E-state index contributed by atoms with van der Waals surface area (Å²) in [6.45, 7) is 3.18. The number of hydrogen-bond donors (Lipinski definition) is 0. The molecule has 26 heavy (non-hydrogen) atoms. The molecule has 0 bridgehead atoms. The van der Waals surface area contributed by atoms with Crippen molar-refractivity contribution >= 4 is 16.7 Å². The number of aromatic nitrogens is 2. The van der Waals surface area contributed by atoms with Crippen molar-refractivity contribution in [3.8, 4) is 5.75 Å². The number of carbonyl (C=O) groups excluding carboxylic acids is 1. The Kier molecular flexibility index (Phi) is 4.56. The summed E-state index contributed by atoms with van der Waals surface area (Å²) >= 11 is 0. The fraction of sp³-hybridized carbons (Fsp3) is 0.350. The van der Waals surface area contributed by atoms with Gasteiger partial charge in [0, 0.05) is 13.1 Å². The Morgan fingerprint density at radius 1 is 1.27 bits per heavy atom. The number of piperidine rings is 1. The third-order valence-electron chi connectivity index (χ3n) is 4.75. The third-order valence-corrected chi connectivity index (χ3v) is 4.75. The van der Waals surface area contributed by atoms with Crippen LogP contribution in [0.25, 0.3) is 10.8 Å². The molecule has 3 aromatic rings. The molecule has 0 radical (unpaired) electrons. The van der Waals surface area contributed by atoms with E-state index in [0.29, 0.717) is 24.0 Å². The van der Waals surface area contributed by atoms with Gasteiger partial charge < -0.3 is 14.2 Å². The van der Waals surface area contributed by atoms with Crippen molar-refractivity contribution in [1.82, 2.24) is 15.0 Å². The van der Waals surface area contributed by atoms with E-state index < -0.39 is 0 Å². The zero-order chi connectivity index (χ0) is 17.9. The highest BCUT2D eigenvalue weighted by atomic mass is 16.5. The summed E-state index contributed by atoms with van der Waals surface area (Å²) in [7, 11) is 0. The zero-order valence-electron chi connectivity index (χ0n) is 14.7. The van der Waals surface area contributed by atoms with Crippen molar-refractivity contribution in [3.05, 3.63) is 54.2 Å². The SMILES string of the molecule is Cc1noc(C2CCCN(C(=O)COc3ccc4ccccc4c3)C2)n1. The van der Waals surface area contributed by atoms with Gasteiger partial charge in [0.2, 0.25) is 5.89 Å². The Balaban J connectivity index is 1.37. The van der Waals surface area contributed by atoms with Crippen molar-refractivity contribution < 1.29 is 14.1 Å². The summed E-state index contributed by atoms with van der Waals surface area (Å²) in [5, 5.41) is 6.10. The molecular weight excluding hydrogens is 330 g/mol. The molecule has 1 aliphatic rings. The summed E-state index contributed by atoms with van der Waals surface area (Å²) in [6.07, 6.45) is 1.88. The Bertz CT molecular complexity index is 921. The number of hydrogen-bond acceptors (Lipinski definition) is 5. The molecule has 1 atom stereocenters. The molecule has 1 aliphatic heterocycles. The topological polar surface area (TPSA) is 68.5 Å². The molecule has 6 nitrogen and oxygen atoms in total. The number of ether oxygens (including phenoxy) is 1. The van der Waals surface area contributed by atoms with Crippen LogP contribution in [0.4, 0.5) is 0 Å². The lowest BCUT2D eigenvalue weighted by Gasteiger charge is -2.30. The smallest absolute Gasteiger partial charge is 0.260 e. The van der Waals surface area contributed by atoms with Gasteiger partial charge in [0.05, 0.1) is 5.92 Å². The highest BCUT2D eigenvalue weighted by Crippen LogP contribution is 2.26. The van der Waals surface area contributed by atoms with Crippen molar-refractivity contribution in [2.75, 3.05) is 19.7 Å². The maximum absolute atomic E-state index is 12.6. The Morgan fingerprint density at radius 2 is 2.12 bits per heavy atom. The molecule has 0 aliphatic carbocycles. The number of amides is 1. The van der Waals surface area contributed by atoms with Gasteiger partial charge >= 0.3 is 0 Å². The van der Waals surface area contributed by atoms with E-state index in [4.69, 9.17) is 9.26 Å². The van der Waals surface area contributed by atoms with Gasteiger partial charge in [0.15, 0.2) is 12.4 Å². The molecule has 0 spiro atoms. The molecule has 4 rings (SSSR count). The van der Waals surface area contributed by atoms with E-state index in [-0.39, 0.29) is 18.4 Å². The molecule has 1 aromatic heterocycles. The lowest BCUT2D eigenvalue weighted by Crippen LogP contribution is -2.41. The largest absolute Gasteiger partial charge is 0.484 e. The molecule has 1 unspecified atom stereocenters. The van der Waals surface area contributed by atoms with Gasteiger partial charge in [0.1, 0.15) is 5.75 Å². The zero-order valence-corrected chi connectivity index (χ0v) is 14.7. The number of rotatable bonds is 4. The highest BCUT2D eigenvalue weighted by Gasteiger charge is 2.28. The van der Waals surface area contributed by atoms with Crippen LogP contribution in [0, 0.1) is 6.92 Å². The number of likely N-dealkylation sites (tertiary alicyclic amines) is 1. The van der Waals surface area contributed by atoms with Crippen molar-refractivity contribution in [1.29, 1.82) is 0 Å². The number of aryl methyl sites for hydroxylation is 1. The first-order valence-corrected chi connectivity index (χ1v) is 8.88. The molecule has 0 saturated carbocycles. The quantitative estimate of drug-likeness (QED) is 0.721. The fourth-order valence-electron chi connectivity index (χ4n) is 3.38. The average Bonchev–Trinajstić information content (AvgIpc) is 3.12. The van der Waals surface area contributed by atoms with Gasteiger partial charge in [0.25, 0.3) is 5.91 Å². The Hall–Kier alpha value is -2.89. The first kappa shape index (κ1) is 16.6. The number of fused-ring (bicyclic) bond motifs is 1. The molecule has 0 N–H and O–H groups in total. The van der Waals surface area contributed by atoms with Gasteiger partial charge in [-0.05, 0) is 42.7 Å². The Morgan fingerprint density at radius 3 is 2.92 bits per heavy atom. The first-order chi connectivity index (χ1) is 12.7. The summed E-state index contributed by atoms with van der Waals surface area (Å²) in [5.41, 5.74) is 0. The second kappa shape index (κ2) is 7.15. The number of nitrogens with zero attached hydrogens (tertiary/aromatic N) is 3. The first-order valence-electron chi connectivity index (χ1n) is 8.88. The average molecular weight is 351 g/mol. The standard InChI is InChI=1S/C20H21N3O3/c1-14-21-20(26-22-14)17-7-4-10-23(12-17)19(24)13-25-18-9-8-15-5-2-3-6-16(15)11-18/h2-3,5-6,8-9,11,17H,4,7,10,12-13H2,1H3. The van der Waals surface area contributed by atoms with Crippen LogP contribution in [-0.4, -0.2) is 40.6 Å². The number of benzene rings is 2. The summed E-state index contributed by atoms with van der Waals surface area (Å²) in [6, 6.07) is 13.9. The van der Waals surface area contributed by atoms with Crippen LogP contribution >= 0.6 is 0 Å².